The zero-order valence-electron chi connectivity index (χ0n) is 19.3. The normalized spacial score (nSPS) is 15.1. The van der Waals surface area contributed by atoms with Gasteiger partial charge in [0.2, 0.25) is 11.8 Å². The summed E-state index contributed by atoms with van der Waals surface area (Å²) < 4.78 is 5.58. The van der Waals surface area contributed by atoms with Crippen LogP contribution in [0.4, 0.5) is 11.4 Å². The summed E-state index contributed by atoms with van der Waals surface area (Å²) in [6, 6.07) is 21.8. The van der Waals surface area contributed by atoms with E-state index in [1.807, 2.05) is 37.3 Å². The van der Waals surface area contributed by atoms with Crippen LogP contribution in [0.25, 0.3) is 0 Å². The van der Waals surface area contributed by atoms with E-state index in [0.29, 0.717) is 35.2 Å². The third kappa shape index (κ3) is 6.19. The van der Waals surface area contributed by atoms with E-state index >= 15 is 0 Å². The van der Waals surface area contributed by atoms with Crippen LogP contribution in [0.3, 0.4) is 0 Å². The second-order valence-corrected chi connectivity index (χ2v) is 8.76. The molecule has 0 aromatic heterocycles. The molecule has 2 N–H and O–H groups in total. The molecule has 1 atom stereocenters. The summed E-state index contributed by atoms with van der Waals surface area (Å²) in [6.45, 7) is 2.41. The lowest BCUT2D eigenvalue weighted by Crippen LogP contribution is -2.32. The highest BCUT2D eigenvalue weighted by molar-refractivity contribution is 6.31. The van der Waals surface area contributed by atoms with Gasteiger partial charge in [0.05, 0.1) is 5.92 Å². The smallest absolute Gasteiger partial charge is 0.262 e. The van der Waals surface area contributed by atoms with Crippen molar-refractivity contribution in [3.05, 3.63) is 88.9 Å². The largest absolute Gasteiger partial charge is 0.484 e. The molecule has 4 rings (SSSR count). The number of halogens is 1. The van der Waals surface area contributed by atoms with Crippen molar-refractivity contribution in [2.75, 3.05) is 23.4 Å². The van der Waals surface area contributed by atoms with Gasteiger partial charge in [0.1, 0.15) is 5.75 Å². The number of rotatable bonds is 8. The van der Waals surface area contributed by atoms with E-state index in [2.05, 4.69) is 10.6 Å². The number of nitrogens with zero attached hydrogens (tertiary/aromatic N) is 1. The number of nitrogens with one attached hydrogen (secondary N) is 2. The molecule has 35 heavy (non-hydrogen) atoms. The Morgan fingerprint density at radius 1 is 1.03 bits per heavy atom. The summed E-state index contributed by atoms with van der Waals surface area (Å²) in [5.41, 5.74) is 3.11. The lowest BCUT2D eigenvalue weighted by molar-refractivity contribution is -0.126. The molecule has 180 valence electrons. The zero-order chi connectivity index (χ0) is 24.8. The number of hydrogen-bond donors (Lipinski definition) is 2. The lowest BCUT2D eigenvalue weighted by atomic mass is 10.1. The molecule has 1 heterocycles. The highest BCUT2D eigenvalue weighted by Crippen LogP contribution is 2.27. The molecule has 1 saturated heterocycles. The molecule has 3 aromatic carbocycles. The average molecular weight is 492 g/mol. The summed E-state index contributed by atoms with van der Waals surface area (Å²) in [7, 11) is 0. The predicted octanol–water partition coefficient (Wildman–Crippen LogP) is 4.34. The molecule has 7 nitrogen and oxygen atoms in total. The van der Waals surface area contributed by atoms with E-state index in [1.54, 1.807) is 47.4 Å². The first kappa shape index (κ1) is 24.3. The second kappa shape index (κ2) is 11.1. The maximum atomic E-state index is 12.6. The van der Waals surface area contributed by atoms with Gasteiger partial charge in [-0.15, -0.1) is 0 Å². The molecule has 3 aromatic rings. The van der Waals surface area contributed by atoms with Gasteiger partial charge in [-0.2, -0.15) is 0 Å². The molecule has 1 aliphatic heterocycles. The first-order valence-electron chi connectivity index (χ1n) is 11.3. The first-order chi connectivity index (χ1) is 16.9. The van der Waals surface area contributed by atoms with Gasteiger partial charge in [0.25, 0.3) is 5.91 Å². The van der Waals surface area contributed by atoms with E-state index in [-0.39, 0.29) is 30.7 Å². The van der Waals surface area contributed by atoms with Crippen LogP contribution < -0.4 is 20.3 Å². The molecule has 0 bridgehead atoms. The minimum atomic E-state index is -0.402. The molecule has 0 aliphatic carbocycles. The van der Waals surface area contributed by atoms with E-state index in [1.165, 1.54) is 0 Å². The Labute approximate surface area is 209 Å². The van der Waals surface area contributed by atoms with Crippen LogP contribution in [0.1, 0.15) is 17.5 Å². The average Bonchev–Trinajstić information content (AvgIpc) is 3.26. The Kier molecular flexibility index (Phi) is 7.67. The SMILES string of the molecule is Cc1c(Cl)cccc1NC(=O)COc1ccc(N2C[C@H](C(=O)NCc3ccccc3)CC2=O)cc1. The lowest BCUT2D eigenvalue weighted by Gasteiger charge is -2.17. The second-order valence-electron chi connectivity index (χ2n) is 8.35. The van der Waals surface area contributed by atoms with Crippen molar-refractivity contribution in [3.63, 3.8) is 0 Å². The fourth-order valence-corrected chi connectivity index (χ4v) is 4.04. The van der Waals surface area contributed by atoms with Crippen molar-refractivity contribution in [2.24, 2.45) is 5.92 Å². The number of anilines is 2. The highest BCUT2D eigenvalue weighted by Gasteiger charge is 2.35. The van der Waals surface area contributed by atoms with Gasteiger partial charge in [0.15, 0.2) is 6.61 Å². The van der Waals surface area contributed by atoms with Gasteiger partial charge in [0, 0.05) is 35.9 Å². The Morgan fingerprint density at radius 3 is 2.51 bits per heavy atom. The summed E-state index contributed by atoms with van der Waals surface area (Å²) in [4.78, 5) is 38.9. The number of ether oxygens (including phenoxy) is 1. The summed E-state index contributed by atoms with van der Waals surface area (Å²) in [5, 5.41) is 6.27. The standard InChI is InChI=1S/C27H26ClN3O4/c1-18-23(28)8-5-9-24(18)30-25(32)17-35-22-12-10-21(11-13-22)31-16-20(14-26(31)33)27(34)29-15-19-6-3-2-4-7-19/h2-13,20H,14-17H2,1H3,(H,29,34)(H,30,32)/t20-/m1/s1. The van der Waals surface area contributed by atoms with Crippen LogP contribution in [-0.2, 0) is 20.9 Å². The molecule has 1 aliphatic rings. The fourth-order valence-electron chi connectivity index (χ4n) is 3.86. The summed E-state index contributed by atoms with van der Waals surface area (Å²) in [6.07, 6.45) is 0.169. The third-order valence-electron chi connectivity index (χ3n) is 5.87. The van der Waals surface area contributed by atoms with Crippen molar-refractivity contribution in [2.45, 2.75) is 19.9 Å². The van der Waals surface area contributed by atoms with Crippen LogP contribution in [0.15, 0.2) is 72.8 Å². The molecular formula is C27H26ClN3O4. The van der Waals surface area contributed by atoms with Crippen molar-refractivity contribution >= 4 is 40.7 Å². The van der Waals surface area contributed by atoms with Crippen LogP contribution in [0.2, 0.25) is 5.02 Å². The Balaban J connectivity index is 1.28. The Morgan fingerprint density at radius 2 is 1.77 bits per heavy atom. The molecule has 0 saturated carbocycles. The van der Waals surface area contributed by atoms with Crippen molar-refractivity contribution < 1.29 is 19.1 Å². The number of benzene rings is 3. The molecule has 1 fully saturated rings. The summed E-state index contributed by atoms with van der Waals surface area (Å²) >= 11 is 6.08. The van der Waals surface area contributed by atoms with E-state index in [4.69, 9.17) is 16.3 Å². The van der Waals surface area contributed by atoms with Gasteiger partial charge in [-0.1, -0.05) is 48.0 Å². The maximum Gasteiger partial charge on any atom is 0.262 e. The molecular weight excluding hydrogens is 466 g/mol. The molecule has 0 spiro atoms. The number of carbonyl (C=O) groups is 3. The highest BCUT2D eigenvalue weighted by atomic mass is 35.5. The van der Waals surface area contributed by atoms with Gasteiger partial charge in [-0.05, 0) is 54.4 Å². The summed E-state index contributed by atoms with van der Waals surface area (Å²) in [5.74, 6) is -0.449. The van der Waals surface area contributed by atoms with E-state index in [9.17, 15) is 14.4 Å². The van der Waals surface area contributed by atoms with Crippen LogP contribution in [0, 0.1) is 12.8 Å². The predicted molar refractivity (Wildman–Crippen MR) is 136 cm³/mol. The van der Waals surface area contributed by atoms with E-state index in [0.717, 1.165) is 11.1 Å². The monoisotopic (exact) mass is 491 g/mol. The molecule has 0 unspecified atom stereocenters. The maximum absolute atomic E-state index is 12.6. The van der Waals surface area contributed by atoms with Gasteiger partial charge >= 0.3 is 0 Å². The number of carbonyl (C=O) groups excluding carboxylic acids is 3. The minimum absolute atomic E-state index is 0.102. The molecule has 0 radical (unpaired) electrons. The van der Waals surface area contributed by atoms with Crippen molar-refractivity contribution in [3.8, 4) is 5.75 Å². The van der Waals surface area contributed by atoms with Crippen molar-refractivity contribution in [1.82, 2.24) is 5.32 Å². The Bertz CT molecular complexity index is 1210. The topological polar surface area (TPSA) is 87.7 Å². The third-order valence-corrected chi connectivity index (χ3v) is 6.27. The van der Waals surface area contributed by atoms with E-state index < -0.39 is 5.92 Å². The van der Waals surface area contributed by atoms with Crippen molar-refractivity contribution in [1.29, 1.82) is 0 Å². The Hall–Kier alpha value is -3.84. The number of hydrogen-bond acceptors (Lipinski definition) is 4. The van der Waals surface area contributed by atoms with Crippen LogP contribution >= 0.6 is 11.6 Å². The first-order valence-corrected chi connectivity index (χ1v) is 11.7. The number of amides is 3. The molecule has 8 heteroatoms. The van der Waals surface area contributed by atoms with Gasteiger partial charge in [-0.3, -0.25) is 14.4 Å². The zero-order valence-corrected chi connectivity index (χ0v) is 20.0. The fraction of sp³-hybridized carbons (Fsp3) is 0.222. The van der Waals surface area contributed by atoms with Crippen LogP contribution in [-0.4, -0.2) is 30.9 Å². The molecule has 3 amide bonds. The van der Waals surface area contributed by atoms with Gasteiger partial charge < -0.3 is 20.3 Å². The quantitative estimate of drug-likeness (QED) is 0.491. The van der Waals surface area contributed by atoms with Gasteiger partial charge in [-0.25, -0.2) is 0 Å². The van der Waals surface area contributed by atoms with Crippen LogP contribution in [0.5, 0.6) is 5.75 Å². The minimum Gasteiger partial charge on any atom is -0.484 e.